The van der Waals surface area contributed by atoms with Crippen molar-refractivity contribution in [2.45, 2.75) is 38.8 Å². The van der Waals surface area contributed by atoms with Crippen LogP contribution < -0.4 is 15.2 Å². The van der Waals surface area contributed by atoms with Crippen LogP contribution in [0.2, 0.25) is 0 Å². The van der Waals surface area contributed by atoms with Crippen molar-refractivity contribution in [3.05, 3.63) is 69.1 Å². The molecular weight excluding hydrogens is 439 g/mol. The first kappa shape index (κ1) is 22.4. The average molecular weight is 467 g/mol. The second-order valence-electron chi connectivity index (χ2n) is 9.07. The first-order valence-corrected chi connectivity index (χ1v) is 11.6. The maximum atomic E-state index is 14.0. The van der Waals surface area contributed by atoms with Crippen molar-refractivity contribution in [1.82, 2.24) is 0 Å². The molecule has 34 heavy (non-hydrogen) atoms. The van der Waals surface area contributed by atoms with Crippen molar-refractivity contribution in [2.75, 3.05) is 36.0 Å². The second-order valence-corrected chi connectivity index (χ2v) is 9.07. The van der Waals surface area contributed by atoms with E-state index in [-0.39, 0.29) is 34.3 Å². The predicted molar refractivity (Wildman–Crippen MR) is 128 cm³/mol. The van der Waals surface area contributed by atoms with E-state index in [4.69, 9.17) is 9.15 Å². The van der Waals surface area contributed by atoms with Crippen LogP contribution in [0.1, 0.15) is 47.3 Å². The lowest BCUT2D eigenvalue weighted by atomic mass is 9.97. The number of ether oxygens (including phenoxy) is 1. The summed E-state index contributed by atoms with van der Waals surface area (Å²) in [6.07, 6.45) is 1.58. The van der Waals surface area contributed by atoms with Gasteiger partial charge in [0.05, 0.1) is 35.3 Å². The van der Waals surface area contributed by atoms with Crippen molar-refractivity contribution in [3.63, 3.8) is 0 Å². The number of carboxylic acid groups (broad SMARTS) is 1. The lowest BCUT2D eigenvalue weighted by molar-refractivity contribution is 0.0517. The fraction of sp³-hybridized carbons (Fsp3) is 0.385. The number of morpholine rings is 1. The zero-order valence-corrected chi connectivity index (χ0v) is 19.2. The van der Waals surface area contributed by atoms with E-state index in [0.29, 0.717) is 54.5 Å². The van der Waals surface area contributed by atoms with Crippen LogP contribution in [0.5, 0.6) is 0 Å². The van der Waals surface area contributed by atoms with Crippen molar-refractivity contribution in [1.29, 1.82) is 0 Å². The highest BCUT2D eigenvalue weighted by Crippen LogP contribution is 2.40. The minimum atomic E-state index is -1.11. The third-order valence-electron chi connectivity index (χ3n) is 6.75. The van der Waals surface area contributed by atoms with Gasteiger partial charge in [0.25, 0.3) is 0 Å². The molecule has 2 saturated heterocycles. The van der Waals surface area contributed by atoms with Gasteiger partial charge in [-0.2, -0.15) is 0 Å². The summed E-state index contributed by atoms with van der Waals surface area (Å²) < 4.78 is 26.0. The van der Waals surface area contributed by atoms with Crippen LogP contribution in [0, 0.1) is 12.7 Å². The molecule has 0 radical (unpaired) electrons. The molecule has 3 aromatic rings. The topological polar surface area (TPSA) is 83.2 Å². The molecule has 2 aliphatic rings. The number of aromatic carboxylic acids is 1. The Morgan fingerprint density at radius 1 is 1.21 bits per heavy atom. The number of hydrogen-bond donors (Lipinski definition) is 1. The first-order chi connectivity index (χ1) is 16.3. The molecule has 1 aromatic heterocycles. The van der Waals surface area contributed by atoms with Crippen LogP contribution in [0.3, 0.4) is 0 Å². The molecule has 8 heteroatoms. The maximum absolute atomic E-state index is 14.0. The standard InChI is InChI=1S/C26H27FN2O5/c1-15-14-28(9-10-33-15)25-16(2)23(30)21-12-17(26(31)32)11-20(24(21)34-25)22-7-4-8-29(22)19-6-3-5-18(27)13-19/h3,5-6,11-13,15,22H,4,7-10,14H2,1-2H3,(H,31,32)/t15-,22?/m1/s1. The molecule has 178 valence electrons. The van der Waals surface area contributed by atoms with E-state index in [1.807, 2.05) is 17.9 Å². The number of hydrogen-bond acceptors (Lipinski definition) is 6. The Morgan fingerprint density at radius 3 is 2.76 bits per heavy atom. The number of rotatable bonds is 4. The lowest BCUT2D eigenvalue weighted by Crippen LogP contribution is -2.42. The summed E-state index contributed by atoms with van der Waals surface area (Å²) >= 11 is 0. The molecule has 2 fully saturated rings. The van der Waals surface area contributed by atoms with Gasteiger partial charge in [-0.05, 0) is 57.0 Å². The largest absolute Gasteiger partial charge is 0.478 e. The van der Waals surface area contributed by atoms with Gasteiger partial charge in [-0.15, -0.1) is 0 Å². The van der Waals surface area contributed by atoms with Crippen LogP contribution in [0.25, 0.3) is 11.0 Å². The summed E-state index contributed by atoms with van der Waals surface area (Å²) in [6.45, 7) is 6.10. The molecule has 2 atom stereocenters. The van der Waals surface area contributed by atoms with E-state index in [1.165, 1.54) is 18.2 Å². The van der Waals surface area contributed by atoms with Crippen molar-refractivity contribution in [3.8, 4) is 0 Å². The van der Waals surface area contributed by atoms with Gasteiger partial charge >= 0.3 is 5.97 Å². The van der Waals surface area contributed by atoms with Gasteiger partial charge in [-0.3, -0.25) is 4.79 Å². The Kier molecular flexibility index (Phi) is 5.77. The molecule has 0 bridgehead atoms. The number of benzene rings is 2. The summed E-state index contributed by atoms with van der Waals surface area (Å²) in [7, 11) is 0. The van der Waals surface area contributed by atoms with Gasteiger partial charge < -0.3 is 24.1 Å². The summed E-state index contributed by atoms with van der Waals surface area (Å²) in [5.74, 6) is -0.952. The van der Waals surface area contributed by atoms with Crippen LogP contribution in [-0.2, 0) is 4.74 Å². The Morgan fingerprint density at radius 2 is 2.03 bits per heavy atom. The van der Waals surface area contributed by atoms with Gasteiger partial charge in [0, 0.05) is 30.9 Å². The molecule has 2 aliphatic heterocycles. The molecule has 0 spiro atoms. The lowest BCUT2D eigenvalue weighted by Gasteiger charge is -2.33. The molecule has 1 unspecified atom stereocenters. The van der Waals surface area contributed by atoms with Gasteiger partial charge in [0.2, 0.25) is 5.88 Å². The predicted octanol–water partition coefficient (Wildman–Crippen LogP) is 4.51. The Labute approximate surface area is 196 Å². The van der Waals surface area contributed by atoms with Crippen LogP contribution >= 0.6 is 0 Å². The zero-order valence-electron chi connectivity index (χ0n) is 19.2. The number of nitrogens with zero attached hydrogens (tertiary/aromatic N) is 2. The highest BCUT2D eigenvalue weighted by atomic mass is 19.1. The van der Waals surface area contributed by atoms with Crippen LogP contribution in [0.4, 0.5) is 16.0 Å². The summed E-state index contributed by atoms with van der Waals surface area (Å²) in [5.41, 5.74) is 1.99. The Hall–Kier alpha value is -3.39. The molecule has 2 aromatic carbocycles. The van der Waals surface area contributed by atoms with E-state index in [9.17, 15) is 19.1 Å². The molecule has 0 amide bonds. The number of anilines is 2. The molecule has 7 nitrogen and oxygen atoms in total. The van der Waals surface area contributed by atoms with Gasteiger partial charge in [-0.25, -0.2) is 9.18 Å². The van der Waals surface area contributed by atoms with E-state index < -0.39 is 5.97 Å². The highest BCUT2D eigenvalue weighted by Gasteiger charge is 2.31. The van der Waals surface area contributed by atoms with E-state index in [1.54, 1.807) is 19.1 Å². The quantitative estimate of drug-likeness (QED) is 0.606. The molecular formula is C26H27FN2O5. The third-order valence-corrected chi connectivity index (χ3v) is 6.75. The van der Waals surface area contributed by atoms with Crippen LogP contribution in [0.15, 0.2) is 45.6 Å². The van der Waals surface area contributed by atoms with Crippen molar-refractivity contribution in [2.24, 2.45) is 0 Å². The van der Waals surface area contributed by atoms with Gasteiger partial charge in [-0.1, -0.05) is 6.07 Å². The summed E-state index contributed by atoms with van der Waals surface area (Å²) in [4.78, 5) is 29.4. The molecule has 0 aliphatic carbocycles. The summed E-state index contributed by atoms with van der Waals surface area (Å²) in [6, 6.07) is 9.11. The van der Waals surface area contributed by atoms with Gasteiger partial charge in [0.1, 0.15) is 11.4 Å². The normalized spacial score (nSPS) is 20.8. The Balaban J connectivity index is 1.71. The number of carbonyl (C=O) groups is 1. The van der Waals surface area contributed by atoms with Crippen LogP contribution in [-0.4, -0.2) is 43.4 Å². The maximum Gasteiger partial charge on any atom is 0.335 e. The monoisotopic (exact) mass is 466 g/mol. The SMILES string of the molecule is Cc1c(N2CCO[C@H](C)C2)oc2c(C3CCCN3c3cccc(F)c3)cc(C(=O)O)cc2c1=O. The highest BCUT2D eigenvalue weighted by molar-refractivity contribution is 5.95. The number of halogens is 1. The molecule has 0 saturated carbocycles. The third kappa shape index (κ3) is 3.92. The molecule has 3 heterocycles. The number of fused-ring (bicyclic) bond motifs is 1. The van der Waals surface area contributed by atoms with E-state index in [0.717, 1.165) is 12.8 Å². The molecule has 5 rings (SSSR count). The number of carboxylic acids is 1. The van der Waals surface area contributed by atoms with Crippen molar-refractivity contribution < 1.29 is 23.4 Å². The minimum absolute atomic E-state index is 0.00121. The minimum Gasteiger partial charge on any atom is -0.478 e. The van der Waals surface area contributed by atoms with E-state index >= 15 is 0 Å². The average Bonchev–Trinajstić information content (AvgIpc) is 3.30. The van der Waals surface area contributed by atoms with Gasteiger partial charge in [0.15, 0.2) is 5.43 Å². The fourth-order valence-corrected chi connectivity index (χ4v) is 5.14. The summed E-state index contributed by atoms with van der Waals surface area (Å²) in [5, 5.41) is 10.0. The fourth-order valence-electron chi connectivity index (χ4n) is 5.14. The van der Waals surface area contributed by atoms with E-state index in [2.05, 4.69) is 4.90 Å². The first-order valence-electron chi connectivity index (χ1n) is 11.6. The second kappa shape index (κ2) is 8.76. The zero-order chi connectivity index (χ0) is 24.0. The van der Waals surface area contributed by atoms with Crippen molar-refractivity contribution >= 4 is 28.5 Å². The smallest absolute Gasteiger partial charge is 0.335 e. The Bertz CT molecular complexity index is 1320. The molecule has 1 N–H and O–H groups in total.